The highest BCUT2D eigenvalue weighted by Gasteiger charge is 2.43. The quantitative estimate of drug-likeness (QED) is 0.330. The number of hydrogen-bond donors (Lipinski definition) is 3. The summed E-state index contributed by atoms with van der Waals surface area (Å²) < 4.78 is 6.12. The van der Waals surface area contributed by atoms with Gasteiger partial charge in [-0.3, -0.25) is 15.2 Å². The summed E-state index contributed by atoms with van der Waals surface area (Å²) in [5.74, 6) is 0.732. The van der Waals surface area contributed by atoms with Crippen LogP contribution in [0.3, 0.4) is 0 Å². The van der Waals surface area contributed by atoms with E-state index in [-0.39, 0.29) is 23.6 Å². The standard InChI is InChI=1S/C21H28N4O2.2C2H6/c1-5-21(9-10-21)27-16-7-8-18(22)17(12-16)20(23)19(24-6-2)11-14(3)25-13-15(4)26;2*1-2/h6-8,11-12,23,25H,2,5,9-10,13,22H2,1,3-4H3;2*1-2H3/b14-11+,23-20?,24-19?;;. The number of hydrogen-bond acceptors (Lipinski definition) is 6. The fourth-order valence-corrected chi connectivity index (χ4v) is 2.66. The van der Waals surface area contributed by atoms with E-state index in [1.165, 1.54) is 13.1 Å². The SMILES string of the molecule is C=CN=C(/C=C(\C)NCC(C)=O)C(=N)c1cc(OC2(CC)CC2)ccc1N.CC.CC. The zero-order valence-corrected chi connectivity index (χ0v) is 20.3. The van der Waals surface area contributed by atoms with E-state index < -0.39 is 0 Å². The van der Waals surface area contributed by atoms with Crippen molar-refractivity contribution >= 4 is 22.9 Å². The van der Waals surface area contributed by atoms with Crippen LogP contribution in [0, 0.1) is 5.41 Å². The number of nitrogens with two attached hydrogens (primary N) is 1. The van der Waals surface area contributed by atoms with Crippen molar-refractivity contribution in [3.63, 3.8) is 0 Å². The molecule has 172 valence electrons. The molecular formula is C25H40N4O2. The van der Waals surface area contributed by atoms with Crippen LogP contribution in [0.25, 0.3) is 0 Å². The van der Waals surface area contributed by atoms with Crippen LogP contribution in [-0.2, 0) is 4.79 Å². The Labute approximate surface area is 188 Å². The summed E-state index contributed by atoms with van der Waals surface area (Å²) in [5.41, 5.74) is 8.37. The number of nitrogen functional groups attached to an aromatic ring is 1. The molecule has 1 fully saturated rings. The maximum atomic E-state index is 11.1. The number of nitrogens with one attached hydrogen (secondary N) is 2. The monoisotopic (exact) mass is 428 g/mol. The van der Waals surface area contributed by atoms with Crippen molar-refractivity contribution in [1.29, 1.82) is 5.41 Å². The molecule has 0 bridgehead atoms. The van der Waals surface area contributed by atoms with Gasteiger partial charge in [0.25, 0.3) is 0 Å². The van der Waals surface area contributed by atoms with E-state index in [9.17, 15) is 4.79 Å². The van der Waals surface area contributed by atoms with Crippen LogP contribution in [0.2, 0.25) is 0 Å². The molecule has 0 atom stereocenters. The molecule has 1 saturated carbocycles. The molecule has 0 unspecified atom stereocenters. The maximum Gasteiger partial charge on any atom is 0.148 e. The summed E-state index contributed by atoms with van der Waals surface area (Å²) in [4.78, 5) is 15.3. The highest BCUT2D eigenvalue weighted by molar-refractivity contribution is 6.52. The first kappa shape index (κ1) is 28.1. The molecule has 1 aromatic rings. The molecule has 0 aromatic heterocycles. The number of carbonyl (C=O) groups excluding carboxylic acids is 1. The normalized spacial score (nSPS) is 14.2. The highest BCUT2D eigenvalue weighted by Crippen LogP contribution is 2.43. The smallest absolute Gasteiger partial charge is 0.148 e. The van der Waals surface area contributed by atoms with Gasteiger partial charge in [-0.05, 0) is 57.4 Å². The second kappa shape index (κ2) is 14.2. The van der Waals surface area contributed by atoms with E-state index >= 15 is 0 Å². The Balaban J connectivity index is 0.00000212. The number of rotatable bonds is 10. The molecule has 0 saturated heterocycles. The summed E-state index contributed by atoms with van der Waals surface area (Å²) >= 11 is 0. The summed E-state index contributed by atoms with van der Waals surface area (Å²) in [6.45, 7) is 17.3. The fraction of sp³-hybridized carbons (Fsp3) is 0.480. The second-order valence-electron chi connectivity index (χ2n) is 6.84. The lowest BCUT2D eigenvalue weighted by Gasteiger charge is -2.18. The van der Waals surface area contributed by atoms with Crippen molar-refractivity contribution in [3.8, 4) is 5.75 Å². The van der Waals surface area contributed by atoms with Gasteiger partial charge in [0.05, 0.1) is 18.0 Å². The molecular weight excluding hydrogens is 388 g/mol. The van der Waals surface area contributed by atoms with Crippen molar-refractivity contribution in [2.75, 3.05) is 12.3 Å². The zero-order chi connectivity index (χ0) is 24.0. The Morgan fingerprint density at radius 2 is 1.90 bits per heavy atom. The van der Waals surface area contributed by atoms with Crippen LogP contribution in [0.5, 0.6) is 5.75 Å². The Morgan fingerprint density at radius 1 is 1.29 bits per heavy atom. The van der Waals surface area contributed by atoms with Gasteiger partial charge in [0, 0.05) is 23.1 Å². The number of carbonyl (C=O) groups is 1. The molecule has 1 aliphatic rings. The molecule has 0 spiro atoms. The Hall–Kier alpha value is -2.89. The van der Waals surface area contributed by atoms with Gasteiger partial charge < -0.3 is 15.8 Å². The van der Waals surface area contributed by atoms with E-state index in [1.807, 2.05) is 40.7 Å². The van der Waals surface area contributed by atoms with Crippen LogP contribution >= 0.6 is 0 Å². The maximum absolute atomic E-state index is 11.1. The number of ketones is 1. The van der Waals surface area contributed by atoms with Crippen molar-refractivity contribution < 1.29 is 9.53 Å². The van der Waals surface area contributed by atoms with E-state index in [4.69, 9.17) is 15.9 Å². The second-order valence-corrected chi connectivity index (χ2v) is 6.84. The van der Waals surface area contributed by atoms with Crippen LogP contribution in [0.4, 0.5) is 5.69 Å². The third-order valence-corrected chi connectivity index (χ3v) is 4.54. The van der Waals surface area contributed by atoms with Crippen molar-refractivity contribution in [3.05, 3.63) is 48.3 Å². The summed E-state index contributed by atoms with van der Waals surface area (Å²) in [6, 6.07) is 5.38. The van der Waals surface area contributed by atoms with Gasteiger partial charge in [0.2, 0.25) is 0 Å². The predicted octanol–water partition coefficient (Wildman–Crippen LogP) is 5.68. The number of aliphatic imine (C=N–C) groups is 1. The van der Waals surface area contributed by atoms with Crippen LogP contribution in [-0.4, -0.2) is 29.4 Å². The minimum Gasteiger partial charge on any atom is -0.487 e. The van der Waals surface area contributed by atoms with E-state index in [0.29, 0.717) is 22.7 Å². The van der Waals surface area contributed by atoms with Crippen LogP contribution in [0.1, 0.15) is 73.3 Å². The molecule has 6 heteroatoms. The molecule has 31 heavy (non-hydrogen) atoms. The number of Topliss-reactive ketones (excluding diaryl/α,β-unsaturated/α-hetero) is 1. The van der Waals surface area contributed by atoms with Gasteiger partial charge in [0.15, 0.2) is 0 Å². The van der Waals surface area contributed by atoms with Crippen molar-refractivity contribution in [1.82, 2.24) is 5.32 Å². The summed E-state index contributed by atoms with van der Waals surface area (Å²) in [6.07, 6.45) is 6.14. The largest absolute Gasteiger partial charge is 0.487 e. The first-order valence-electron chi connectivity index (χ1n) is 11.1. The van der Waals surface area contributed by atoms with Crippen molar-refractivity contribution in [2.24, 2.45) is 4.99 Å². The molecule has 0 radical (unpaired) electrons. The van der Waals surface area contributed by atoms with Gasteiger partial charge >= 0.3 is 0 Å². The molecule has 6 nitrogen and oxygen atoms in total. The number of ether oxygens (including phenoxy) is 1. The van der Waals surface area contributed by atoms with Gasteiger partial charge in [-0.15, -0.1) is 0 Å². The summed E-state index contributed by atoms with van der Waals surface area (Å²) in [7, 11) is 0. The Bertz CT molecular complexity index is 806. The first-order chi connectivity index (χ1) is 14.8. The van der Waals surface area contributed by atoms with Gasteiger partial charge in [-0.25, -0.2) is 0 Å². The van der Waals surface area contributed by atoms with Crippen molar-refractivity contribution in [2.45, 2.75) is 73.3 Å². The van der Waals surface area contributed by atoms with Crippen LogP contribution < -0.4 is 15.8 Å². The molecule has 2 rings (SSSR count). The molecule has 1 aliphatic carbocycles. The fourth-order valence-electron chi connectivity index (χ4n) is 2.66. The molecule has 0 heterocycles. The summed E-state index contributed by atoms with van der Waals surface area (Å²) in [5, 5.41) is 11.6. The average molecular weight is 429 g/mol. The topological polar surface area (TPSA) is 101 Å². The Morgan fingerprint density at radius 3 is 2.39 bits per heavy atom. The van der Waals surface area contributed by atoms with Gasteiger partial charge in [0.1, 0.15) is 17.1 Å². The zero-order valence-electron chi connectivity index (χ0n) is 20.3. The molecule has 0 aliphatic heterocycles. The minimum atomic E-state index is -0.0687. The molecule has 0 amide bonds. The average Bonchev–Trinajstić information content (AvgIpc) is 3.55. The predicted molar refractivity (Wildman–Crippen MR) is 133 cm³/mol. The van der Waals surface area contributed by atoms with E-state index in [1.54, 1.807) is 18.2 Å². The number of benzene rings is 1. The third kappa shape index (κ3) is 9.20. The van der Waals surface area contributed by atoms with E-state index in [2.05, 4.69) is 23.8 Å². The minimum absolute atomic E-state index is 0.0269. The lowest BCUT2D eigenvalue weighted by molar-refractivity contribution is -0.116. The molecule has 4 N–H and O–H groups in total. The van der Waals surface area contributed by atoms with E-state index in [0.717, 1.165) is 25.0 Å². The van der Waals surface area contributed by atoms with Gasteiger partial charge in [-0.2, -0.15) is 0 Å². The third-order valence-electron chi connectivity index (χ3n) is 4.54. The van der Waals surface area contributed by atoms with Crippen LogP contribution in [0.15, 0.2) is 47.7 Å². The first-order valence-corrected chi connectivity index (χ1v) is 11.1. The number of allylic oxidation sites excluding steroid dienone is 2. The lowest BCUT2D eigenvalue weighted by Crippen LogP contribution is -2.22. The van der Waals surface area contributed by atoms with Gasteiger partial charge in [-0.1, -0.05) is 41.2 Å². The number of anilines is 1. The highest BCUT2D eigenvalue weighted by atomic mass is 16.5. The lowest BCUT2D eigenvalue weighted by atomic mass is 10.0. The molecule has 1 aromatic carbocycles. The Kier molecular flexibility index (Phi) is 12.9. The number of nitrogens with zero attached hydrogens (tertiary/aromatic N) is 1.